The predicted octanol–water partition coefficient (Wildman–Crippen LogP) is 0.853. The first-order chi connectivity index (χ1) is 9.15. The molecule has 2 heterocycles. The molecule has 0 bridgehead atoms. The summed E-state index contributed by atoms with van der Waals surface area (Å²) in [6, 6.07) is 10.2. The van der Waals surface area contributed by atoms with Gasteiger partial charge in [0.25, 0.3) is 0 Å². The molecule has 4 nitrogen and oxygen atoms in total. The van der Waals surface area contributed by atoms with Crippen LogP contribution in [0.4, 0.5) is 0 Å². The number of hydrogen-bond donors (Lipinski definition) is 1. The SMILES string of the molecule is O=S(=O)(CCc1ccccc1)N1C[C@@H]2CCN[C@@H]2C1. The van der Waals surface area contributed by atoms with Crippen molar-refractivity contribution < 1.29 is 8.42 Å². The molecule has 0 unspecified atom stereocenters. The molecule has 0 amide bonds. The van der Waals surface area contributed by atoms with Crippen molar-refractivity contribution in [3.8, 4) is 0 Å². The Kier molecular flexibility index (Phi) is 3.60. The van der Waals surface area contributed by atoms with Crippen LogP contribution in [0.15, 0.2) is 30.3 Å². The van der Waals surface area contributed by atoms with E-state index in [4.69, 9.17) is 0 Å². The maximum absolute atomic E-state index is 12.3. The van der Waals surface area contributed by atoms with Crippen molar-refractivity contribution in [2.45, 2.75) is 18.9 Å². The van der Waals surface area contributed by atoms with E-state index in [2.05, 4.69) is 5.32 Å². The molecule has 104 valence electrons. The molecule has 2 aliphatic rings. The van der Waals surface area contributed by atoms with Gasteiger partial charge in [0.05, 0.1) is 5.75 Å². The highest BCUT2D eigenvalue weighted by atomic mass is 32.2. The average molecular weight is 280 g/mol. The molecule has 0 saturated carbocycles. The predicted molar refractivity (Wildman–Crippen MR) is 75.4 cm³/mol. The van der Waals surface area contributed by atoms with E-state index in [1.165, 1.54) is 0 Å². The zero-order valence-electron chi connectivity index (χ0n) is 11.0. The molecule has 2 saturated heterocycles. The van der Waals surface area contributed by atoms with Crippen LogP contribution in [0.5, 0.6) is 0 Å². The number of nitrogens with zero attached hydrogens (tertiary/aromatic N) is 1. The highest BCUT2D eigenvalue weighted by Crippen LogP contribution is 2.26. The Morgan fingerprint density at radius 1 is 1.21 bits per heavy atom. The van der Waals surface area contributed by atoms with Crippen molar-refractivity contribution in [2.75, 3.05) is 25.4 Å². The fourth-order valence-electron chi connectivity index (χ4n) is 3.06. The van der Waals surface area contributed by atoms with Crippen molar-refractivity contribution >= 4 is 10.0 Å². The maximum Gasteiger partial charge on any atom is 0.214 e. The number of hydrogen-bond acceptors (Lipinski definition) is 3. The number of benzene rings is 1. The van der Waals surface area contributed by atoms with E-state index in [1.807, 2.05) is 30.3 Å². The van der Waals surface area contributed by atoms with Crippen LogP contribution in [0, 0.1) is 5.92 Å². The molecule has 1 aromatic rings. The number of fused-ring (bicyclic) bond motifs is 1. The molecule has 19 heavy (non-hydrogen) atoms. The second kappa shape index (κ2) is 5.23. The van der Waals surface area contributed by atoms with E-state index >= 15 is 0 Å². The quantitative estimate of drug-likeness (QED) is 0.889. The lowest BCUT2D eigenvalue weighted by Crippen LogP contribution is -2.35. The number of nitrogens with one attached hydrogen (secondary N) is 1. The molecule has 1 aromatic carbocycles. The van der Waals surface area contributed by atoms with Crippen LogP contribution < -0.4 is 5.32 Å². The molecule has 2 atom stereocenters. The van der Waals surface area contributed by atoms with E-state index in [9.17, 15) is 8.42 Å². The normalized spacial score (nSPS) is 27.6. The van der Waals surface area contributed by atoms with Crippen molar-refractivity contribution in [3.05, 3.63) is 35.9 Å². The van der Waals surface area contributed by atoms with Gasteiger partial charge in [-0.25, -0.2) is 12.7 Å². The van der Waals surface area contributed by atoms with Crippen LogP contribution in [-0.2, 0) is 16.4 Å². The maximum atomic E-state index is 12.3. The molecule has 0 radical (unpaired) electrons. The highest BCUT2D eigenvalue weighted by molar-refractivity contribution is 7.89. The van der Waals surface area contributed by atoms with Gasteiger partial charge in [-0.05, 0) is 30.9 Å². The Bertz CT molecular complexity index is 518. The topological polar surface area (TPSA) is 49.4 Å². The monoisotopic (exact) mass is 280 g/mol. The lowest BCUT2D eigenvalue weighted by atomic mass is 10.1. The van der Waals surface area contributed by atoms with E-state index in [-0.39, 0.29) is 5.75 Å². The molecule has 3 rings (SSSR count). The Labute approximate surface area is 114 Å². The smallest absolute Gasteiger partial charge is 0.214 e. The standard InChI is InChI=1S/C14H20N2O2S/c17-19(18,9-7-12-4-2-1-3-5-12)16-10-13-6-8-15-14(13)11-16/h1-5,13-15H,6-11H2/t13-,14+/m0/s1. The summed E-state index contributed by atoms with van der Waals surface area (Å²) in [5, 5.41) is 3.39. The minimum absolute atomic E-state index is 0.219. The van der Waals surface area contributed by atoms with Gasteiger partial charge in [0.2, 0.25) is 10.0 Å². The first kappa shape index (κ1) is 13.1. The Balaban J connectivity index is 1.61. The molecular formula is C14H20N2O2S. The van der Waals surface area contributed by atoms with E-state index in [1.54, 1.807) is 4.31 Å². The third-order valence-corrected chi connectivity index (χ3v) is 6.02. The second-order valence-corrected chi connectivity index (χ2v) is 7.57. The minimum atomic E-state index is -3.11. The van der Waals surface area contributed by atoms with Gasteiger partial charge >= 0.3 is 0 Å². The summed E-state index contributed by atoms with van der Waals surface area (Å²) in [6.45, 7) is 2.39. The Hall–Kier alpha value is -0.910. The summed E-state index contributed by atoms with van der Waals surface area (Å²) in [5.74, 6) is 0.739. The summed E-state index contributed by atoms with van der Waals surface area (Å²) >= 11 is 0. The summed E-state index contributed by atoms with van der Waals surface area (Å²) in [5.41, 5.74) is 1.09. The summed E-state index contributed by atoms with van der Waals surface area (Å²) in [6.07, 6.45) is 1.71. The van der Waals surface area contributed by atoms with Gasteiger partial charge in [0, 0.05) is 19.1 Å². The number of rotatable bonds is 4. The first-order valence-electron chi connectivity index (χ1n) is 6.90. The van der Waals surface area contributed by atoms with E-state index in [0.29, 0.717) is 31.5 Å². The van der Waals surface area contributed by atoms with Gasteiger partial charge in [0.1, 0.15) is 0 Å². The molecule has 0 spiro atoms. The van der Waals surface area contributed by atoms with Crippen LogP contribution in [0.3, 0.4) is 0 Å². The first-order valence-corrected chi connectivity index (χ1v) is 8.51. The number of aryl methyl sites for hydroxylation is 1. The van der Waals surface area contributed by atoms with Gasteiger partial charge < -0.3 is 5.32 Å². The van der Waals surface area contributed by atoms with Crippen LogP contribution in [0.2, 0.25) is 0 Å². The highest BCUT2D eigenvalue weighted by Gasteiger charge is 2.40. The van der Waals surface area contributed by atoms with E-state index < -0.39 is 10.0 Å². The van der Waals surface area contributed by atoms with Crippen molar-refractivity contribution in [1.82, 2.24) is 9.62 Å². The summed E-state index contributed by atoms with van der Waals surface area (Å²) in [7, 11) is -3.11. The number of sulfonamides is 1. The van der Waals surface area contributed by atoms with Crippen molar-refractivity contribution in [3.63, 3.8) is 0 Å². The zero-order valence-corrected chi connectivity index (χ0v) is 11.8. The molecule has 2 aliphatic heterocycles. The fraction of sp³-hybridized carbons (Fsp3) is 0.571. The van der Waals surface area contributed by atoms with Crippen LogP contribution in [-0.4, -0.2) is 44.2 Å². The Morgan fingerprint density at radius 3 is 2.74 bits per heavy atom. The molecule has 0 aliphatic carbocycles. The molecule has 5 heteroatoms. The lowest BCUT2D eigenvalue weighted by molar-refractivity contribution is 0.448. The third kappa shape index (κ3) is 2.83. The molecule has 1 N–H and O–H groups in total. The van der Waals surface area contributed by atoms with Gasteiger partial charge in [0.15, 0.2) is 0 Å². The van der Waals surface area contributed by atoms with Crippen LogP contribution in [0.1, 0.15) is 12.0 Å². The van der Waals surface area contributed by atoms with Gasteiger partial charge in [-0.15, -0.1) is 0 Å². The van der Waals surface area contributed by atoms with Crippen LogP contribution in [0.25, 0.3) is 0 Å². The lowest BCUT2D eigenvalue weighted by Gasteiger charge is -2.17. The summed E-state index contributed by atoms with van der Waals surface area (Å²) < 4.78 is 26.3. The minimum Gasteiger partial charge on any atom is -0.312 e. The van der Waals surface area contributed by atoms with Crippen molar-refractivity contribution in [2.24, 2.45) is 5.92 Å². The third-order valence-electron chi connectivity index (χ3n) is 4.21. The van der Waals surface area contributed by atoms with Gasteiger partial charge in [-0.2, -0.15) is 0 Å². The van der Waals surface area contributed by atoms with Gasteiger partial charge in [-0.3, -0.25) is 0 Å². The zero-order chi connectivity index (χ0) is 13.3. The molecular weight excluding hydrogens is 260 g/mol. The largest absolute Gasteiger partial charge is 0.312 e. The fourth-order valence-corrected chi connectivity index (χ4v) is 4.62. The summed E-state index contributed by atoms with van der Waals surface area (Å²) in [4.78, 5) is 0. The second-order valence-electron chi connectivity index (χ2n) is 5.48. The molecule has 0 aromatic heterocycles. The average Bonchev–Trinajstić information content (AvgIpc) is 2.99. The Morgan fingerprint density at radius 2 is 2.00 bits per heavy atom. The van der Waals surface area contributed by atoms with Gasteiger partial charge in [-0.1, -0.05) is 30.3 Å². The van der Waals surface area contributed by atoms with Crippen molar-refractivity contribution in [1.29, 1.82) is 0 Å². The molecule has 2 fully saturated rings. The van der Waals surface area contributed by atoms with Crippen LogP contribution >= 0.6 is 0 Å². The van der Waals surface area contributed by atoms with E-state index in [0.717, 1.165) is 18.5 Å².